The lowest BCUT2D eigenvalue weighted by Crippen LogP contribution is -2.43. The smallest absolute Gasteiger partial charge is 0.156 e. The molecular formula is C13H18ClN3O. The second kappa shape index (κ2) is 5.22. The SMILES string of the molecule is Cc1nc(Cl)c(C=O)c(N2CCCC(C)C2C)n1. The van der Waals surface area contributed by atoms with Gasteiger partial charge in [0.15, 0.2) is 6.29 Å². The molecule has 18 heavy (non-hydrogen) atoms. The van der Waals surface area contributed by atoms with E-state index in [0.717, 1.165) is 19.3 Å². The standard InChI is InChI=1S/C13H18ClN3O/c1-8-5-4-6-17(9(8)2)13-11(7-18)12(14)15-10(3)16-13/h7-9H,4-6H2,1-3H3. The minimum absolute atomic E-state index is 0.248. The fourth-order valence-electron chi connectivity index (χ4n) is 2.49. The number of carbonyl (C=O) groups is 1. The van der Waals surface area contributed by atoms with Crippen molar-refractivity contribution in [1.82, 2.24) is 9.97 Å². The summed E-state index contributed by atoms with van der Waals surface area (Å²) in [5.41, 5.74) is 0.406. The van der Waals surface area contributed by atoms with E-state index < -0.39 is 0 Å². The van der Waals surface area contributed by atoms with Gasteiger partial charge in [-0.05, 0) is 32.6 Å². The Balaban J connectivity index is 2.46. The van der Waals surface area contributed by atoms with Crippen LogP contribution in [0, 0.1) is 12.8 Å². The Morgan fingerprint density at radius 3 is 2.78 bits per heavy atom. The van der Waals surface area contributed by atoms with Crippen LogP contribution in [-0.2, 0) is 0 Å². The van der Waals surface area contributed by atoms with E-state index in [1.807, 2.05) is 0 Å². The molecule has 0 aliphatic carbocycles. The highest BCUT2D eigenvalue weighted by molar-refractivity contribution is 6.32. The summed E-state index contributed by atoms with van der Waals surface area (Å²) in [4.78, 5) is 21.8. The molecule has 0 saturated carbocycles. The van der Waals surface area contributed by atoms with Crippen molar-refractivity contribution >= 4 is 23.7 Å². The van der Waals surface area contributed by atoms with Gasteiger partial charge in [-0.2, -0.15) is 0 Å². The monoisotopic (exact) mass is 267 g/mol. The zero-order valence-corrected chi connectivity index (χ0v) is 11.7. The van der Waals surface area contributed by atoms with E-state index >= 15 is 0 Å². The Morgan fingerprint density at radius 1 is 1.39 bits per heavy atom. The highest BCUT2D eigenvalue weighted by Gasteiger charge is 2.28. The topological polar surface area (TPSA) is 46.1 Å². The lowest BCUT2D eigenvalue weighted by atomic mass is 9.92. The van der Waals surface area contributed by atoms with Gasteiger partial charge in [0, 0.05) is 12.6 Å². The Hall–Kier alpha value is -1.16. The van der Waals surface area contributed by atoms with Gasteiger partial charge in [0.05, 0.1) is 5.56 Å². The number of nitrogens with zero attached hydrogens (tertiary/aromatic N) is 3. The van der Waals surface area contributed by atoms with E-state index in [4.69, 9.17) is 11.6 Å². The van der Waals surface area contributed by atoms with Gasteiger partial charge in [-0.25, -0.2) is 9.97 Å². The van der Waals surface area contributed by atoms with Crippen LogP contribution in [-0.4, -0.2) is 28.8 Å². The third-order valence-corrected chi connectivity index (χ3v) is 4.04. The maximum Gasteiger partial charge on any atom is 0.156 e. The fraction of sp³-hybridized carbons (Fsp3) is 0.615. The molecule has 5 heteroatoms. The number of anilines is 1. The normalized spacial score (nSPS) is 24.1. The number of halogens is 1. The summed E-state index contributed by atoms with van der Waals surface area (Å²) < 4.78 is 0. The Morgan fingerprint density at radius 2 is 2.11 bits per heavy atom. The average Bonchev–Trinajstić information content (AvgIpc) is 2.32. The Labute approximate surface area is 112 Å². The van der Waals surface area contributed by atoms with Crippen LogP contribution in [0.4, 0.5) is 5.82 Å². The molecule has 0 spiro atoms. The molecule has 1 aromatic heterocycles. The van der Waals surface area contributed by atoms with Crippen molar-refractivity contribution in [3.63, 3.8) is 0 Å². The molecule has 2 heterocycles. The summed E-state index contributed by atoms with van der Waals surface area (Å²) >= 11 is 6.03. The molecule has 0 radical (unpaired) electrons. The van der Waals surface area contributed by atoms with Crippen LogP contribution in [0.1, 0.15) is 42.9 Å². The summed E-state index contributed by atoms with van der Waals surface area (Å²) in [5, 5.41) is 0.248. The summed E-state index contributed by atoms with van der Waals surface area (Å²) in [6.45, 7) is 7.11. The highest BCUT2D eigenvalue weighted by atomic mass is 35.5. The molecule has 2 rings (SSSR count). The predicted molar refractivity (Wildman–Crippen MR) is 72.4 cm³/mol. The zero-order valence-electron chi connectivity index (χ0n) is 11.0. The number of rotatable bonds is 2. The number of hydrogen-bond donors (Lipinski definition) is 0. The lowest BCUT2D eigenvalue weighted by Gasteiger charge is -2.39. The maximum absolute atomic E-state index is 11.2. The third-order valence-electron chi connectivity index (χ3n) is 3.75. The predicted octanol–water partition coefficient (Wildman–Crippen LogP) is 2.88. The zero-order chi connectivity index (χ0) is 13.3. The van der Waals surface area contributed by atoms with Crippen LogP contribution in [0.25, 0.3) is 0 Å². The van der Waals surface area contributed by atoms with Gasteiger partial charge in [0.1, 0.15) is 16.8 Å². The summed E-state index contributed by atoms with van der Waals surface area (Å²) in [7, 11) is 0. The highest BCUT2D eigenvalue weighted by Crippen LogP contribution is 2.30. The van der Waals surface area contributed by atoms with Gasteiger partial charge >= 0.3 is 0 Å². The van der Waals surface area contributed by atoms with Gasteiger partial charge < -0.3 is 4.90 Å². The number of aldehydes is 1. The number of piperidine rings is 1. The molecule has 1 aromatic rings. The molecule has 2 atom stereocenters. The van der Waals surface area contributed by atoms with Gasteiger partial charge in [-0.15, -0.1) is 0 Å². The second-order valence-corrected chi connectivity index (χ2v) is 5.33. The van der Waals surface area contributed by atoms with Crippen molar-refractivity contribution in [2.45, 2.75) is 39.7 Å². The van der Waals surface area contributed by atoms with Gasteiger partial charge in [-0.1, -0.05) is 18.5 Å². The van der Waals surface area contributed by atoms with Crippen LogP contribution in [0.3, 0.4) is 0 Å². The number of hydrogen-bond acceptors (Lipinski definition) is 4. The van der Waals surface area contributed by atoms with Crippen LogP contribution >= 0.6 is 11.6 Å². The molecule has 4 nitrogen and oxygen atoms in total. The second-order valence-electron chi connectivity index (χ2n) is 4.97. The first kappa shape index (κ1) is 13.3. The molecule has 1 aliphatic heterocycles. The molecule has 0 N–H and O–H groups in total. The van der Waals surface area contributed by atoms with Crippen LogP contribution in [0.15, 0.2) is 0 Å². The molecule has 1 aliphatic rings. The molecule has 0 bridgehead atoms. The van der Waals surface area contributed by atoms with Crippen molar-refractivity contribution < 1.29 is 4.79 Å². The average molecular weight is 268 g/mol. The molecule has 1 fully saturated rings. The van der Waals surface area contributed by atoms with Crippen LogP contribution < -0.4 is 4.90 Å². The molecule has 1 saturated heterocycles. The van der Waals surface area contributed by atoms with E-state index in [9.17, 15) is 4.79 Å². The van der Waals surface area contributed by atoms with E-state index in [1.54, 1.807) is 6.92 Å². The Kier molecular flexibility index (Phi) is 3.85. The first-order chi connectivity index (χ1) is 8.54. The summed E-state index contributed by atoms with van der Waals surface area (Å²) in [6.07, 6.45) is 3.08. The number of aryl methyl sites for hydroxylation is 1. The van der Waals surface area contributed by atoms with Gasteiger partial charge in [0.25, 0.3) is 0 Å². The van der Waals surface area contributed by atoms with E-state index in [0.29, 0.717) is 29.2 Å². The third kappa shape index (κ3) is 2.34. The van der Waals surface area contributed by atoms with Gasteiger partial charge in [-0.3, -0.25) is 4.79 Å². The maximum atomic E-state index is 11.2. The largest absolute Gasteiger partial charge is 0.353 e. The van der Waals surface area contributed by atoms with Crippen molar-refractivity contribution in [3.8, 4) is 0 Å². The van der Waals surface area contributed by atoms with Gasteiger partial charge in [0.2, 0.25) is 0 Å². The van der Waals surface area contributed by atoms with Crippen molar-refractivity contribution in [1.29, 1.82) is 0 Å². The lowest BCUT2D eigenvalue weighted by molar-refractivity contribution is 0.112. The molecule has 0 aromatic carbocycles. The van der Waals surface area contributed by atoms with Crippen LogP contribution in [0.5, 0.6) is 0 Å². The van der Waals surface area contributed by atoms with E-state index in [2.05, 4.69) is 28.7 Å². The summed E-state index contributed by atoms with van der Waals surface area (Å²) in [6, 6.07) is 0.364. The van der Waals surface area contributed by atoms with Crippen LogP contribution in [0.2, 0.25) is 5.15 Å². The van der Waals surface area contributed by atoms with Crippen molar-refractivity contribution in [2.75, 3.05) is 11.4 Å². The first-order valence-corrected chi connectivity index (χ1v) is 6.68. The minimum atomic E-state index is 0.248. The summed E-state index contributed by atoms with van der Waals surface area (Å²) in [5.74, 6) is 1.87. The minimum Gasteiger partial charge on any atom is -0.353 e. The Bertz CT molecular complexity index is 464. The fourth-order valence-corrected chi connectivity index (χ4v) is 2.74. The number of carbonyl (C=O) groups excluding carboxylic acids is 1. The molecule has 2 unspecified atom stereocenters. The van der Waals surface area contributed by atoms with Crippen molar-refractivity contribution in [3.05, 3.63) is 16.5 Å². The quantitative estimate of drug-likeness (QED) is 0.611. The number of aromatic nitrogens is 2. The van der Waals surface area contributed by atoms with E-state index in [1.165, 1.54) is 6.42 Å². The van der Waals surface area contributed by atoms with E-state index in [-0.39, 0.29) is 5.15 Å². The van der Waals surface area contributed by atoms with Crippen molar-refractivity contribution in [2.24, 2.45) is 5.92 Å². The molecular weight excluding hydrogens is 250 g/mol. The molecule has 0 amide bonds. The molecule has 98 valence electrons. The first-order valence-electron chi connectivity index (χ1n) is 6.30.